The molecule has 2 aromatic rings. The molecule has 3 N–H and O–H groups in total. The maximum Gasteiger partial charge on any atom is 0.344 e. The Labute approximate surface area is 137 Å². The van der Waals surface area contributed by atoms with Gasteiger partial charge < -0.3 is 15.5 Å². The minimum absolute atomic E-state index is 0.300. The van der Waals surface area contributed by atoms with Crippen molar-refractivity contribution in [1.29, 1.82) is 0 Å². The highest BCUT2D eigenvalue weighted by atomic mass is 19.1. The molecular weight excluding hydrogens is 315 g/mol. The Bertz CT molecular complexity index is 810. The van der Waals surface area contributed by atoms with E-state index >= 15 is 0 Å². The van der Waals surface area contributed by atoms with Gasteiger partial charge in [-0.3, -0.25) is 4.98 Å². The summed E-state index contributed by atoms with van der Waals surface area (Å²) < 4.78 is 14.1. The summed E-state index contributed by atoms with van der Waals surface area (Å²) in [6, 6.07) is 7.53. The van der Waals surface area contributed by atoms with E-state index in [0.717, 1.165) is 17.6 Å². The number of nitrogens with one attached hydrogen (secondary N) is 1. The number of aliphatic carboxylic acids is 2. The molecule has 24 heavy (non-hydrogen) atoms. The minimum Gasteiger partial charge on any atom is -0.477 e. The lowest BCUT2D eigenvalue weighted by Crippen LogP contribution is -2.12. The van der Waals surface area contributed by atoms with E-state index in [0.29, 0.717) is 16.8 Å². The van der Waals surface area contributed by atoms with Gasteiger partial charge >= 0.3 is 11.9 Å². The monoisotopic (exact) mass is 330 g/mol. The normalized spacial score (nSPS) is 10.1. The predicted molar refractivity (Wildman–Crippen MR) is 86.1 cm³/mol. The molecule has 7 heteroatoms. The number of benzene rings is 1. The van der Waals surface area contributed by atoms with Gasteiger partial charge in [0, 0.05) is 28.8 Å². The summed E-state index contributed by atoms with van der Waals surface area (Å²) in [5.41, 5.74) is 1.94. The first kappa shape index (κ1) is 17.1. The molecule has 0 saturated carbocycles. The van der Waals surface area contributed by atoms with Crippen LogP contribution >= 0.6 is 0 Å². The maximum absolute atomic E-state index is 14.1. The van der Waals surface area contributed by atoms with Crippen LogP contribution in [0.25, 0.3) is 11.1 Å². The van der Waals surface area contributed by atoms with Crippen molar-refractivity contribution in [1.82, 2.24) is 4.98 Å². The molecule has 0 unspecified atom stereocenters. The molecule has 0 spiro atoms. The summed E-state index contributed by atoms with van der Waals surface area (Å²) in [5.74, 6) is -3.60. The van der Waals surface area contributed by atoms with Gasteiger partial charge in [0.1, 0.15) is 5.82 Å². The number of hydrogen-bond acceptors (Lipinski definition) is 4. The van der Waals surface area contributed by atoms with Gasteiger partial charge in [0.15, 0.2) is 5.57 Å². The van der Waals surface area contributed by atoms with E-state index in [1.807, 2.05) is 0 Å². The first-order chi connectivity index (χ1) is 11.3. The second-order valence-corrected chi connectivity index (χ2v) is 5.15. The molecule has 124 valence electrons. The van der Waals surface area contributed by atoms with E-state index in [1.54, 1.807) is 26.0 Å². The van der Waals surface area contributed by atoms with Crippen LogP contribution in [0, 0.1) is 19.7 Å². The Balaban J connectivity index is 2.40. The highest BCUT2D eigenvalue weighted by Gasteiger charge is 2.15. The van der Waals surface area contributed by atoms with E-state index in [4.69, 9.17) is 10.2 Å². The minimum atomic E-state index is -1.57. The highest BCUT2D eigenvalue weighted by molar-refractivity contribution is 6.12. The van der Waals surface area contributed by atoms with Crippen molar-refractivity contribution >= 4 is 17.6 Å². The molecule has 1 heterocycles. The number of halogens is 1. The molecular formula is C17H15FN2O4. The Morgan fingerprint density at radius 3 is 2.21 bits per heavy atom. The number of hydrogen-bond donors (Lipinski definition) is 3. The number of carboxylic acids is 2. The molecule has 0 radical (unpaired) electrons. The van der Waals surface area contributed by atoms with Crippen LogP contribution in [0.2, 0.25) is 0 Å². The summed E-state index contributed by atoms with van der Waals surface area (Å²) >= 11 is 0. The van der Waals surface area contributed by atoms with Crippen molar-refractivity contribution < 1.29 is 24.2 Å². The van der Waals surface area contributed by atoms with Gasteiger partial charge in [-0.1, -0.05) is 0 Å². The average Bonchev–Trinajstić information content (AvgIpc) is 2.47. The third-order valence-electron chi connectivity index (χ3n) is 3.20. The second-order valence-electron chi connectivity index (χ2n) is 5.15. The van der Waals surface area contributed by atoms with Crippen molar-refractivity contribution in [2.45, 2.75) is 13.8 Å². The Hall–Kier alpha value is -3.22. The predicted octanol–water partition coefficient (Wildman–Crippen LogP) is 2.97. The Morgan fingerprint density at radius 2 is 1.67 bits per heavy atom. The fraction of sp³-hybridized carbons (Fsp3) is 0.118. The van der Waals surface area contributed by atoms with Crippen molar-refractivity contribution in [3.8, 4) is 11.1 Å². The van der Waals surface area contributed by atoms with Crippen LogP contribution in [0.5, 0.6) is 0 Å². The summed E-state index contributed by atoms with van der Waals surface area (Å²) in [6.07, 6.45) is 0.852. The molecule has 6 nitrogen and oxygen atoms in total. The zero-order valence-electron chi connectivity index (χ0n) is 13.0. The molecule has 0 amide bonds. The third-order valence-corrected chi connectivity index (χ3v) is 3.20. The number of aromatic nitrogens is 1. The van der Waals surface area contributed by atoms with E-state index in [2.05, 4.69) is 10.3 Å². The molecule has 0 bridgehead atoms. The number of carboxylic acid groups (broad SMARTS) is 2. The largest absolute Gasteiger partial charge is 0.477 e. The number of carbonyl (C=O) groups is 2. The second kappa shape index (κ2) is 6.91. The average molecular weight is 330 g/mol. The van der Waals surface area contributed by atoms with Crippen LogP contribution in [-0.2, 0) is 9.59 Å². The summed E-state index contributed by atoms with van der Waals surface area (Å²) in [5, 5.41) is 20.2. The SMILES string of the molecule is Cc1cc(-c2cc(NC=C(C(=O)O)C(=O)O)ccc2F)cc(C)n1. The van der Waals surface area contributed by atoms with E-state index < -0.39 is 23.3 Å². The summed E-state index contributed by atoms with van der Waals surface area (Å²) in [7, 11) is 0. The molecule has 1 aromatic carbocycles. The fourth-order valence-corrected chi connectivity index (χ4v) is 2.20. The van der Waals surface area contributed by atoms with Gasteiger partial charge in [0.25, 0.3) is 0 Å². The topological polar surface area (TPSA) is 99.5 Å². The van der Waals surface area contributed by atoms with Gasteiger partial charge in [-0.25, -0.2) is 14.0 Å². The van der Waals surface area contributed by atoms with Gasteiger partial charge in [-0.05, 0) is 49.7 Å². The number of pyridine rings is 1. The Morgan fingerprint density at radius 1 is 1.08 bits per heavy atom. The number of rotatable bonds is 5. The summed E-state index contributed by atoms with van der Waals surface area (Å²) in [6.45, 7) is 3.59. The maximum atomic E-state index is 14.1. The van der Waals surface area contributed by atoms with Crippen LogP contribution in [0.1, 0.15) is 11.4 Å². The quantitative estimate of drug-likeness (QED) is 0.443. The van der Waals surface area contributed by atoms with Gasteiger partial charge in [-0.15, -0.1) is 0 Å². The standard InChI is InChI=1S/C17H15FN2O4/c1-9-5-11(6-10(2)20-9)13-7-12(3-4-15(13)18)19-8-14(16(21)22)17(23)24/h3-8,19H,1-2H3,(H,21,22)(H,23,24). The van der Waals surface area contributed by atoms with Crippen LogP contribution in [0.4, 0.5) is 10.1 Å². The first-order valence-corrected chi connectivity index (χ1v) is 6.96. The molecule has 0 fully saturated rings. The van der Waals surface area contributed by atoms with Crippen LogP contribution < -0.4 is 5.32 Å². The lowest BCUT2D eigenvalue weighted by Gasteiger charge is -2.09. The molecule has 0 saturated heterocycles. The van der Waals surface area contributed by atoms with Crippen molar-refractivity contribution in [2.75, 3.05) is 5.32 Å². The van der Waals surface area contributed by atoms with Crippen molar-refractivity contribution in [2.24, 2.45) is 0 Å². The van der Waals surface area contributed by atoms with Crippen LogP contribution in [0.15, 0.2) is 42.1 Å². The van der Waals surface area contributed by atoms with E-state index in [9.17, 15) is 14.0 Å². The van der Waals surface area contributed by atoms with E-state index in [1.165, 1.54) is 18.2 Å². The molecule has 0 aliphatic heterocycles. The lowest BCUT2D eigenvalue weighted by molar-refractivity contribution is -0.140. The lowest BCUT2D eigenvalue weighted by atomic mass is 10.0. The van der Waals surface area contributed by atoms with Gasteiger partial charge in [0.2, 0.25) is 0 Å². The Kier molecular flexibility index (Phi) is 4.93. The van der Waals surface area contributed by atoms with E-state index in [-0.39, 0.29) is 0 Å². The third kappa shape index (κ3) is 3.95. The zero-order chi connectivity index (χ0) is 17.9. The number of anilines is 1. The molecule has 2 rings (SSSR count). The number of aryl methyl sites for hydroxylation is 2. The van der Waals surface area contributed by atoms with Gasteiger partial charge in [0.05, 0.1) is 0 Å². The zero-order valence-corrected chi connectivity index (χ0v) is 13.0. The molecule has 0 atom stereocenters. The van der Waals surface area contributed by atoms with Gasteiger partial charge in [-0.2, -0.15) is 0 Å². The summed E-state index contributed by atoms with van der Waals surface area (Å²) in [4.78, 5) is 25.9. The first-order valence-electron chi connectivity index (χ1n) is 6.96. The van der Waals surface area contributed by atoms with Crippen LogP contribution in [0.3, 0.4) is 0 Å². The molecule has 0 aliphatic rings. The van der Waals surface area contributed by atoms with Crippen molar-refractivity contribution in [3.05, 3.63) is 59.3 Å². The van der Waals surface area contributed by atoms with Crippen LogP contribution in [-0.4, -0.2) is 27.1 Å². The highest BCUT2D eigenvalue weighted by Crippen LogP contribution is 2.27. The number of nitrogens with zero attached hydrogens (tertiary/aromatic N) is 1. The van der Waals surface area contributed by atoms with Crippen molar-refractivity contribution in [3.63, 3.8) is 0 Å². The molecule has 1 aromatic heterocycles. The fourth-order valence-electron chi connectivity index (χ4n) is 2.20. The molecule has 0 aliphatic carbocycles. The smallest absolute Gasteiger partial charge is 0.344 e.